The zero-order valence-electron chi connectivity index (χ0n) is 8.52. The van der Waals surface area contributed by atoms with Crippen LogP contribution in [0.3, 0.4) is 0 Å². The lowest BCUT2D eigenvalue weighted by molar-refractivity contribution is 0.102. The first-order chi connectivity index (χ1) is 8.16. The number of nitrogens with one attached hydrogen (secondary N) is 1. The van der Waals surface area contributed by atoms with Crippen LogP contribution in [0.1, 0.15) is 10.4 Å². The van der Waals surface area contributed by atoms with Gasteiger partial charge in [0.25, 0.3) is 5.91 Å². The molecule has 2 rings (SSSR count). The molecule has 86 valence electrons. The predicted octanol–water partition coefficient (Wildman–Crippen LogP) is 2.63. The molecule has 4 nitrogen and oxygen atoms in total. The lowest BCUT2D eigenvalue weighted by Crippen LogP contribution is -2.14. The highest BCUT2D eigenvalue weighted by Gasteiger charge is 2.12. The van der Waals surface area contributed by atoms with Gasteiger partial charge in [-0.25, -0.2) is 9.37 Å². The number of carbonyl (C=O) groups is 1. The second-order valence-corrected chi connectivity index (χ2v) is 4.08. The van der Waals surface area contributed by atoms with Gasteiger partial charge >= 0.3 is 0 Å². The van der Waals surface area contributed by atoms with Gasteiger partial charge < -0.3 is 5.32 Å². The summed E-state index contributed by atoms with van der Waals surface area (Å²) in [5, 5.41) is 2.45. The van der Waals surface area contributed by atoms with Gasteiger partial charge in [0.05, 0.1) is 11.8 Å². The lowest BCUT2D eigenvalue weighted by Gasteiger charge is -2.05. The SMILES string of the molecule is O=C(Nc1cnccn1)c1cc(Br)ccc1F. The average molecular weight is 296 g/mol. The Kier molecular flexibility index (Phi) is 3.43. The molecule has 0 spiro atoms. The number of aromatic nitrogens is 2. The summed E-state index contributed by atoms with van der Waals surface area (Å²) in [6.45, 7) is 0. The summed E-state index contributed by atoms with van der Waals surface area (Å²) in [6, 6.07) is 4.14. The highest BCUT2D eigenvalue weighted by molar-refractivity contribution is 9.10. The number of benzene rings is 1. The topological polar surface area (TPSA) is 54.9 Å². The van der Waals surface area contributed by atoms with Crippen molar-refractivity contribution in [2.75, 3.05) is 5.32 Å². The van der Waals surface area contributed by atoms with Gasteiger partial charge in [-0.2, -0.15) is 0 Å². The largest absolute Gasteiger partial charge is 0.305 e. The summed E-state index contributed by atoms with van der Waals surface area (Å²) in [5.74, 6) is -0.879. The third-order valence-corrected chi connectivity index (χ3v) is 2.47. The third-order valence-electron chi connectivity index (χ3n) is 1.98. The zero-order chi connectivity index (χ0) is 12.3. The first-order valence-electron chi connectivity index (χ1n) is 4.69. The number of anilines is 1. The maximum Gasteiger partial charge on any atom is 0.259 e. The van der Waals surface area contributed by atoms with Crippen LogP contribution in [0, 0.1) is 5.82 Å². The van der Waals surface area contributed by atoms with Gasteiger partial charge in [0, 0.05) is 16.9 Å². The Morgan fingerprint density at radius 2 is 2.18 bits per heavy atom. The van der Waals surface area contributed by atoms with Crippen LogP contribution in [0.15, 0.2) is 41.3 Å². The minimum atomic E-state index is -0.588. The van der Waals surface area contributed by atoms with Gasteiger partial charge in [0.2, 0.25) is 0 Å². The van der Waals surface area contributed by atoms with E-state index in [1.807, 2.05) is 0 Å². The molecule has 1 amide bonds. The van der Waals surface area contributed by atoms with E-state index in [-0.39, 0.29) is 11.4 Å². The van der Waals surface area contributed by atoms with Crippen molar-refractivity contribution in [1.29, 1.82) is 0 Å². The average Bonchev–Trinajstić information content (AvgIpc) is 2.33. The van der Waals surface area contributed by atoms with E-state index >= 15 is 0 Å². The highest BCUT2D eigenvalue weighted by atomic mass is 79.9. The first-order valence-corrected chi connectivity index (χ1v) is 5.48. The summed E-state index contributed by atoms with van der Waals surface area (Å²) in [4.78, 5) is 19.4. The second-order valence-electron chi connectivity index (χ2n) is 3.17. The van der Waals surface area contributed by atoms with Gasteiger partial charge in [-0.1, -0.05) is 15.9 Å². The molecular weight excluding hydrogens is 289 g/mol. The molecule has 0 radical (unpaired) electrons. The maximum atomic E-state index is 13.4. The van der Waals surface area contributed by atoms with Crippen molar-refractivity contribution in [3.05, 3.63) is 52.6 Å². The molecule has 0 saturated carbocycles. The van der Waals surface area contributed by atoms with Crippen LogP contribution in [0.25, 0.3) is 0 Å². The van der Waals surface area contributed by atoms with Crippen molar-refractivity contribution in [2.24, 2.45) is 0 Å². The smallest absolute Gasteiger partial charge is 0.259 e. The summed E-state index contributed by atoms with van der Waals surface area (Å²) in [6.07, 6.45) is 4.30. The molecule has 0 fully saturated rings. The van der Waals surface area contributed by atoms with Crippen LogP contribution in [-0.4, -0.2) is 15.9 Å². The second kappa shape index (κ2) is 5.01. The van der Waals surface area contributed by atoms with Crippen LogP contribution in [0.5, 0.6) is 0 Å². The fourth-order valence-electron chi connectivity index (χ4n) is 1.22. The lowest BCUT2D eigenvalue weighted by atomic mass is 10.2. The van der Waals surface area contributed by atoms with E-state index in [0.29, 0.717) is 4.47 Å². The zero-order valence-corrected chi connectivity index (χ0v) is 10.1. The molecule has 2 aromatic rings. The van der Waals surface area contributed by atoms with Crippen LogP contribution in [-0.2, 0) is 0 Å². The fourth-order valence-corrected chi connectivity index (χ4v) is 1.58. The van der Waals surface area contributed by atoms with Crippen molar-refractivity contribution in [1.82, 2.24) is 9.97 Å². The number of nitrogens with zero attached hydrogens (tertiary/aromatic N) is 2. The number of hydrogen-bond acceptors (Lipinski definition) is 3. The molecule has 0 aliphatic carbocycles. The van der Waals surface area contributed by atoms with Crippen LogP contribution in [0.2, 0.25) is 0 Å². The molecule has 17 heavy (non-hydrogen) atoms. The van der Waals surface area contributed by atoms with E-state index in [0.717, 1.165) is 0 Å². The molecule has 0 aliphatic heterocycles. The van der Waals surface area contributed by atoms with E-state index in [9.17, 15) is 9.18 Å². The number of amides is 1. The van der Waals surface area contributed by atoms with E-state index in [2.05, 4.69) is 31.2 Å². The number of carbonyl (C=O) groups excluding carboxylic acids is 1. The standard InChI is InChI=1S/C11H7BrFN3O/c12-7-1-2-9(13)8(5-7)11(17)16-10-6-14-3-4-15-10/h1-6H,(H,15,16,17). The quantitative estimate of drug-likeness (QED) is 0.927. The van der Waals surface area contributed by atoms with Crippen molar-refractivity contribution < 1.29 is 9.18 Å². The van der Waals surface area contributed by atoms with Crippen LogP contribution in [0.4, 0.5) is 10.2 Å². The van der Waals surface area contributed by atoms with Crippen molar-refractivity contribution >= 4 is 27.7 Å². The molecule has 1 aromatic heterocycles. The third kappa shape index (κ3) is 2.85. The van der Waals surface area contributed by atoms with Crippen LogP contribution < -0.4 is 5.32 Å². The Hall–Kier alpha value is -1.82. The fraction of sp³-hybridized carbons (Fsp3) is 0. The Labute approximate surface area is 105 Å². The Bertz CT molecular complexity index is 548. The molecule has 0 unspecified atom stereocenters. The summed E-state index contributed by atoms with van der Waals surface area (Å²) < 4.78 is 14.0. The van der Waals surface area contributed by atoms with Gasteiger partial charge in [0.15, 0.2) is 5.82 Å². The maximum absolute atomic E-state index is 13.4. The van der Waals surface area contributed by atoms with Crippen molar-refractivity contribution in [3.63, 3.8) is 0 Å². The number of hydrogen-bond donors (Lipinski definition) is 1. The molecular formula is C11H7BrFN3O. The molecule has 1 N–H and O–H groups in total. The molecule has 0 bridgehead atoms. The van der Waals surface area contributed by atoms with Crippen LogP contribution >= 0.6 is 15.9 Å². The minimum absolute atomic E-state index is 0.0509. The molecule has 0 atom stereocenters. The summed E-state index contributed by atoms with van der Waals surface area (Å²) in [5.41, 5.74) is -0.0509. The van der Waals surface area contributed by atoms with Crippen molar-refractivity contribution in [2.45, 2.75) is 0 Å². The summed E-state index contributed by atoms with van der Waals surface area (Å²) in [7, 11) is 0. The molecule has 1 heterocycles. The minimum Gasteiger partial charge on any atom is -0.305 e. The molecule has 1 aromatic carbocycles. The van der Waals surface area contributed by atoms with Crippen molar-refractivity contribution in [3.8, 4) is 0 Å². The normalized spacial score (nSPS) is 10.0. The first kappa shape index (κ1) is 11.7. The molecule has 0 aliphatic rings. The molecule has 0 saturated heterocycles. The van der Waals surface area contributed by atoms with E-state index in [1.54, 1.807) is 0 Å². The van der Waals surface area contributed by atoms with Gasteiger partial charge in [-0.05, 0) is 18.2 Å². The van der Waals surface area contributed by atoms with E-state index < -0.39 is 11.7 Å². The van der Waals surface area contributed by atoms with Gasteiger partial charge in [-0.3, -0.25) is 9.78 Å². The predicted molar refractivity (Wildman–Crippen MR) is 64.1 cm³/mol. The Morgan fingerprint density at radius 1 is 1.35 bits per heavy atom. The van der Waals surface area contributed by atoms with E-state index in [1.165, 1.54) is 36.8 Å². The van der Waals surface area contributed by atoms with Gasteiger partial charge in [0.1, 0.15) is 5.82 Å². The Balaban J connectivity index is 2.23. The number of rotatable bonds is 2. The monoisotopic (exact) mass is 295 g/mol. The van der Waals surface area contributed by atoms with E-state index in [4.69, 9.17) is 0 Å². The summed E-state index contributed by atoms with van der Waals surface area (Å²) >= 11 is 3.18. The number of halogens is 2. The highest BCUT2D eigenvalue weighted by Crippen LogP contribution is 2.16. The van der Waals surface area contributed by atoms with Gasteiger partial charge in [-0.15, -0.1) is 0 Å². The Morgan fingerprint density at radius 3 is 2.88 bits per heavy atom. The molecule has 6 heteroatoms.